The van der Waals surface area contributed by atoms with Crippen LogP contribution in [-0.2, 0) is 4.79 Å². The Morgan fingerprint density at radius 2 is 2.19 bits per heavy atom. The van der Waals surface area contributed by atoms with Gasteiger partial charge in [0, 0.05) is 20.0 Å². The molecule has 0 bridgehead atoms. The van der Waals surface area contributed by atoms with Crippen molar-refractivity contribution in [2.45, 2.75) is 13.8 Å². The highest BCUT2D eigenvalue weighted by Gasteiger charge is 2.01. The van der Waals surface area contributed by atoms with Crippen molar-refractivity contribution in [1.82, 2.24) is 5.32 Å². The molecule has 16 heavy (non-hydrogen) atoms. The molecule has 2 N–H and O–H groups in total. The maximum Gasteiger partial charge on any atom is 0.216 e. The molecule has 0 radical (unpaired) electrons. The summed E-state index contributed by atoms with van der Waals surface area (Å²) in [5.41, 5.74) is 2.53. The molecule has 1 aromatic rings. The molecule has 0 saturated heterocycles. The second kappa shape index (κ2) is 5.76. The van der Waals surface area contributed by atoms with Gasteiger partial charge in [0.15, 0.2) is 0 Å². The molecule has 0 atom stereocenters. The Morgan fingerprint density at radius 1 is 1.44 bits per heavy atom. The summed E-state index contributed by atoms with van der Waals surface area (Å²) in [6, 6.07) is 7.73. The maximum atomic E-state index is 10.6. The summed E-state index contributed by atoms with van der Waals surface area (Å²) < 4.78 is 0. The van der Waals surface area contributed by atoms with Crippen LogP contribution in [0.25, 0.3) is 0 Å². The lowest BCUT2D eigenvalue weighted by Gasteiger charge is -2.09. The Hall–Kier alpha value is -2.02. The van der Waals surface area contributed by atoms with E-state index in [-0.39, 0.29) is 5.91 Å². The van der Waals surface area contributed by atoms with E-state index < -0.39 is 0 Å². The van der Waals surface area contributed by atoms with E-state index in [0.29, 0.717) is 18.7 Å². The van der Waals surface area contributed by atoms with Gasteiger partial charge in [-0.2, -0.15) is 5.26 Å². The molecule has 0 aliphatic carbocycles. The van der Waals surface area contributed by atoms with E-state index in [9.17, 15) is 4.79 Å². The standard InChI is InChI=1S/C12H15N3O/c1-9-3-4-11(8-13)12(7-9)15-6-5-14-10(2)16/h3-4,7,15H,5-6H2,1-2H3,(H,14,16). The first kappa shape index (κ1) is 12.1. The van der Waals surface area contributed by atoms with E-state index in [2.05, 4.69) is 16.7 Å². The fraction of sp³-hybridized carbons (Fsp3) is 0.333. The van der Waals surface area contributed by atoms with Gasteiger partial charge in [-0.25, -0.2) is 0 Å². The average Bonchev–Trinajstić information content (AvgIpc) is 2.24. The number of nitrogens with zero attached hydrogens (tertiary/aromatic N) is 1. The van der Waals surface area contributed by atoms with Crippen molar-refractivity contribution in [1.29, 1.82) is 5.26 Å². The number of hydrogen-bond acceptors (Lipinski definition) is 3. The minimum Gasteiger partial charge on any atom is -0.382 e. The largest absolute Gasteiger partial charge is 0.382 e. The average molecular weight is 217 g/mol. The van der Waals surface area contributed by atoms with Gasteiger partial charge in [0.25, 0.3) is 0 Å². The number of aryl methyl sites for hydroxylation is 1. The molecule has 4 heteroatoms. The van der Waals surface area contributed by atoms with Crippen LogP contribution in [-0.4, -0.2) is 19.0 Å². The molecular weight excluding hydrogens is 202 g/mol. The molecule has 0 unspecified atom stereocenters. The quantitative estimate of drug-likeness (QED) is 0.749. The van der Waals surface area contributed by atoms with Gasteiger partial charge in [-0.3, -0.25) is 4.79 Å². The predicted octanol–water partition coefficient (Wildman–Crippen LogP) is 1.41. The SMILES string of the molecule is CC(=O)NCCNc1cc(C)ccc1C#N. The molecule has 0 fully saturated rings. The third kappa shape index (κ3) is 3.62. The van der Waals surface area contributed by atoms with Crippen molar-refractivity contribution in [3.05, 3.63) is 29.3 Å². The molecule has 0 saturated carbocycles. The summed E-state index contributed by atoms with van der Waals surface area (Å²) in [7, 11) is 0. The topological polar surface area (TPSA) is 64.9 Å². The number of rotatable bonds is 4. The van der Waals surface area contributed by atoms with Crippen LogP contribution >= 0.6 is 0 Å². The highest BCUT2D eigenvalue weighted by atomic mass is 16.1. The molecule has 1 amide bonds. The first-order valence-electron chi connectivity index (χ1n) is 5.12. The Kier molecular flexibility index (Phi) is 4.34. The van der Waals surface area contributed by atoms with Gasteiger partial charge in [0.05, 0.1) is 11.3 Å². The fourth-order valence-electron chi connectivity index (χ4n) is 1.34. The molecule has 0 heterocycles. The Balaban J connectivity index is 2.56. The van der Waals surface area contributed by atoms with Crippen molar-refractivity contribution in [2.75, 3.05) is 18.4 Å². The van der Waals surface area contributed by atoms with Crippen LogP contribution in [0.5, 0.6) is 0 Å². The van der Waals surface area contributed by atoms with Crippen LogP contribution in [0.3, 0.4) is 0 Å². The van der Waals surface area contributed by atoms with Crippen LogP contribution in [0, 0.1) is 18.3 Å². The van der Waals surface area contributed by atoms with Crippen molar-refractivity contribution < 1.29 is 4.79 Å². The summed E-state index contributed by atoms with van der Waals surface area (Å²) in [4.78, 5) is 10.6. The van der Waals surface area contributed by atoms with Gasteiger partial charge in [-0.15, -0.1) is 0 Å². The maximum absolute atomic E-state index is 10.6. The minimum atomic E-state index is -0.0495. The number of nitrogens with one attached hydrogen (secondary N) is 2. The summed E-state index contributed by atoms with van der Waals surface area (Å²) in [6.45, 7) is 4.61. The van der Waals surface area contributed by atoms with Crippen LogP contribution in [0.1, 0.15) is 18.1 Å². The summed E-state index contributed by atoms with van der Waals surface area (Å²) in [5, 5.41) is 14.7. The molecule has 0 aliphatic heterocycles. The van der Waals surface area contributed by atoms with Crippen molar-refractivity contribution in [3.8, 4) is 6.07 Å². The highest BCUT2D eigenvalue weighted by Crippen LogP contribution is 2.15. The van der Waals surface area contributed by atoms with E-state index in [1.165, 1.54) is 6.92 Å². The van der Waals surface area contributed by atoms with E-state index in [1.54, 1.807) is 6.07 Å². The van der Waals surface area contributed by atoms with Gasteiger partial charge in [-0.05, 0) is 24.6 Å². The second-order valence-corrected chi connectivity index (χ2v) is 3.57. The molecule has 0 spiro atoms. The van der Waals surface area contributed by atoms with E-state index >= 15 is 0 Å². The monoisotopic (exact) mass is 217 g/mol. The summed E-state index contributed by atoms with van der Waals surface area (Å²) >= 11 is 0. The number of anilines is 1. The normalized spacial score (nSPS) is 9.31. The summed E-state index contributed by atoms with van der Waals surface area (Å²) in [6.07, 6.45) is 0. The van der Waals surface area contributed by atoms with E-state index in [0.717, 1.165) is 11.3 Å². The van der Waals surface area contributed by atoms with Crippen LogP contribution in [0.15, 0.2) is 18.2 Å². The minimum absolute atomic E-state index is 0.0495. The number of amides is 1. The Labute approximate surface area is 95.3 Å². The smallest absolute Gasteiger partial charge is 0.216 e. The van der Waals surface area contributed by atoms with Gasteiger partial charge in [-0.1, -0.05) is 6.07 Å². The number of carbonyl (C=O) groups is 1. The zero-order valence-electron chi connectivity index (χ0n) is 9.50. The Bertz CT molecular complexity index is 421. The van der Waals surface area contributed by atoms with Crippen LogP contribution < -0.4 is 10.6 Å². The first-order chi connectivity index (χ1) is 7.63. The second-order valence-electron chi connectivity index (χ2n) is 3.57. The highest BCUT2D eigenvalue weighted by molar-refractivity contribution is 5.72. The number of hydrogen-bond donors (Lipinski definition) is 2. The number of carbonyl (C=O) groups excluding carboxylic acids is 1. The molecule has 0 aliphatic rings. The molecule has 1 rings (SSSR count). The van der Waals surface area contributed by atoms with Gasteiger partial charge >= 0.3 is 0 Å². The van der Waals surface area contributed by atoms with E-state index in [1.807, 2.05) is 19.1 Å². The zero-order chi connectivity index (χ0) is 12.0. The predicted molar refractivity (Wildman–Crippen MR) is 63.1 cm³/mol. The zero-order valence-corrected chi connectivity index (χ0v) is 9.50. The van der Waals surface area contributed by atoms with E-state index in [4.69, 9.17) is 5.26 Å². The first-order valence-corrected chi connectivity index (χ1v) is 5.12. The molecule has 84 valence electrons. The lowest BCUT2D eigenvalue weighted by atomic mass is 10.1. The lowest BCUT2D eigenvalue weighted by molar-refractivity contribution is -0.118. The van der Waals surface area contributed by atoms with Crippen LogP contribution in [0.4, 0.5) is 5.69 Å². The van der Waals surface area contributed by atoms with Gasteiger partial charge < -0.3 is 10.6 Å². The summed E-state index contributed by atoms with van der Waals surface area (Å²) in [5.74, 6) is -0.0495. The van der Waals surface area contributed by atoms with Gasteiger partial charge in [0.2, 0.25) is 5.91 Å². The molecule has 4 nitrogen and oxygen atoms in total. The number of benzene rings is 1. The van der Waals surface area contributed by atoms with Crippen molar-refractivity contribution in [2.24, 2.45) is 0 Å². The van der Waals surface area contributed by atoms with Crippen LogP contribution in [0.2, 0.25) is 0 Å². The molecule has 0 aromatic heterocycles. The fourth-order valence-corrected chi connectivity index (χ4v) is 1.34. The van der Waals surface area contributed by atoms with Crippen molar-refractivity contribution in [3.63, 3.8) is 0 Å². The van der Waals surface area contributed by atoms with Crippen molar-refractivity contribution >= 4 is 11.6 Å². The lowest BCUT2D eigenvalue weighted by Crippen LogP contribution is -2.26. The Morgan fingerprint density at radius 3 is 2.81 bits per heavy atom. The third-order valence-electron chi connectivity index (χ3n) is 2.11. The molecule has 1 aromatic carbocycles. The third-order valence-corrected chi connectivity index (χ3v) is 2.11. The molecular formula is C12H15N3O. The number of nitriles is 1. The van der Waals surface area contributed by atoms with Gasteiger partial charge in [0.1, 0.15) is 6.07 Å².